The minimum atomic E-state index is 0.518. The summed E-state index contributed by atoms with van der Waals surface area (Å²) >= 11 is 5.70. The van der Waals surface area contributed by atoms with E-state index in [1.54, 1.807) is 4.88 Å². The molecule has 116 valence electrons. The highest BCUT2D eigenvalue weighted by molar-refractivity contribution is 9.10. The van der Waals surface area contributed by atoms with Crippen LogP contribution in [0.25, 0.3) is 0 Å². The van der Waals surface area contributed by atoms with Gasteiger partial charge in [0.1, 0.15) is 0 Å². The summed E-state index contributed by atoms with van der Waals surface area (Å²) in [4.78, 5) is 2.97. The van der Waals surface area contributed by atoms with Crippen LogP contribution in [0, 0.1) is 29.6 Å². The molecule has 0 aromatic carbocycles. The van der Waals surface area contributed by atoms with Gasteiger partial charge in [0, 0.05) is 20.3 Å². The van der Waals surface area contributed by atoms with E-state index in [-0.39, 0.29) is 0 Å². The van der Waals surface area contributed by atoms with Crippen molar-refractivity contribution < 1.29 is 0 Å². The largest absolute Gasteiger partial charge is 0.312 e. The summed E-state index contributed by atoms with van der Waals surface area (Å²) in [6.07, 6.45) is 8.86. The Hall–Kier alpha value is 0.140. The molecule has 3 unspecified atom stereocenters. The van der Waals surface area contributed by atoms with Crippen molar-refractivity contribution in [3.63, 3.8) is 0 Å². The highest BCUT2D eigenvalue weighted by atomic mass is 79.9. The number of rotatable bonds is 3. The van der Waals surface area contributed by atoms with Gasteiger partial charge in [0.15, 0.2) is 0 Å². The minimum absolute atomic E-state index is 0.518. The zero-order valence-corrected chi connectivity index (χ0v) is 15.7. The monoisotopic (exact) mass is 367 g/mol. The predicted molar refractivity (Wildman–Crippen MR) is 93.8 cm³/mol. The van der Waals surface area contributed by atoms with Crippen LogP contribution in [-0.4, -0.2) is 7.05 Å². The van der Waals surface area contributed by atoms with Crippen molar-refractivity contribution in [1.82, 2.24) is 5.32 Å². The summed E-state index contributed by atoms with van der Waals surface area (Å²) in [7, 11) is 2.18. The van der Waals surface area contributed by atoms with Gasteiger partial charge in [-0.05, 0) is 97.2 Å². The predicted octanol–water partition coefficient (Wildman–Crippen LogP) is 5.69. The summed E-state index contributed by atoms with van der Waals surface area (Å²) < 4.78 is 1.29. The number of thiophene rings is 1. The van der Waals surface area contributed by atoms with Crippen molar-refractivity contribution in [2.75, 3.05) is 7.05 Å². The first-order valence-corrected chi connectivity index (χ1v) is 9.97. The number of halogens is 1. The molecule has 0 aliphatic heterocycles. The van der Waals surface area contributed by atoms with Crippen molar-refractivity contribution in [2.24, 2.45) is 22.7 Å². The lowest BCUT2D eigenvalue weighted by atomic mass is 9.43. The second-order valence-corrected chi connectivity index (χ2v) is 10.6. The van der Waals surface area contributed by atoms with Crippen molar-refractivity contribution in [1.29, 1.82) is 0 Å². The van der Waals surface area contributed by atoms with Gasteiger partial charge in [0.05, 0.1) is 0 Å². The fourth-order valence-corrected chi connectivity index (χ4v) is 8.32. The minimum Gasteiger partial charge on any atom is -0.312 e. The maximum Gasteiger partial charge on any atom is 0.0470 e. The molecular formula is C18H26BrNS. The zero-order chi connectivity index (χ0) is 14.8. The molecule has 5 rings (SSSR count). The van der Waals surface area contributed by atoms with Gasteiger partial charge in [-0.15, -0.1) is 11.3 Å². The molecular weight excluding hydrogens is 342 g/mol. The molecule has 0 radical (unpaired) electrons. The highest BCUT2D eigenvalue weighted by Gasteiger charge is 2.58. The van der Waals surface area contributed by atoms with Gasteiger partial charge in [0.25, 0.3) is 0 Å². The molecule has 4 fully saturated rings. The van der Waals surface area contributed by atoms with E-state index in [9.17, 15) is 0 Å². The first kappa shape index (κ1) is 14.7. The molecule has 0 amide bonds. The molecule has 4 saturated carbocycles. The number of aryl methyl sites for hydroxylation is 1. The van der Waals surface area contributed by atoms with E-state index >= 15 is 0 Å². The Morgan fingerprint density at radius 3 is 2.43 bits per heavy atom. The van der Waals surface area contributed by atoms with E-state index in [4.69, 9.17) is 0 Å². The van der Waals surface area contributed by atoms with Crippen LogP contribution in [0.15, 0.2) is 10.5 Å². The van der Waals surface area contributed by atoms with Crippen LogP contribution >= 0.6 is 27.3 Å². The molecule has 4 bridgehead atoms. The van der Waals surface area contributed by atoms with E-state index in [1.807, 2.05) is 11.3 Å². The van der Waals surface area contributed by atoms with Crippen molar-refractivity contribution in [3.8, 4) is 0 Å². The van der Waals surface area contributed by atoms with Crippen LogP contribution in [0.1, 0.15) is 61.2 Å². The average molecular weight is 368 g/mol. The van der Waals surface area contributed by atoms with Crippen LogP contribution in [0.4, 0.5) is 0 Å². The third-order valence-electron chi connectivity index (χ3n) is 6.46. The van der Waals surface area contributed by atoms with Gasteiger partial charge < -0.3 is 5.32 Å². The van der Waals surface area contributed by atoms with E-state index in [0.717, 1.165) is 11.8 Å². The molecule has 3 atom stereocenters. The Bertz CT molecular complexity index is 530. The standard InChI is InChI=1S/C18H26BrNS/c1-11-14(19)5-15(21-11)16(20-3)18-8-12-4-13(9-18)7-17(2,6-12)10-18/h5,12-13,16,20H,4,6-10H2,1-3H3. The molecule has 1 N–H and O–H groups in total. The third-order valence-corrected chi connectivity index (χ3v) is 8.66. The van der Waals surface area contributed by atoms with Crippen LogP contribution in [-0.2, 0) is 0 Å². The van der Waals surface area contributed by atoms with E-state index in [1.165, 1.54) is 47.9 Å². The molecule has 3 heteroatoms. The van der Waals surface area contributed by atoms with Crippen LogP contribution in [0.3, 0.4) is 0 Å². The molecule has 1 aromatic rings. The van der Waals surface area contributed by atoms with Gasteiger partial charge in [0.2, 0.25) is 0 Å². The Balaban J connectivity index is 1.73. The molecule has 1 heterocycles. The summed E-state index contributed by atoms with van der Waals surface area (Å²) in [6, 6.07) is 2.93. The van der Waals surface area contributed by atoms with E-state index in [0.29, 0.717) is 16.9 Å². The molecule has 4 aliphatic carbocycles. The van der Waals surface area contributed by atoms with Gasteiger partial charge >= 0.3 is 0 Å². The van der Waals surface area contributed by atoms with Gasteiger partial charge in [-0.2, -0.15) is 0 Å². The van der Waals surface area contributed by atoms with E-state index < -0.39 is 0 Å². The number of nitrogens with one attached hydrogen (secondary N) is 1. The lowest BCUT2D eigenvalue weighted by Crippen LogP contribution is -2.54. The highest BCUT2D eigenvalue weighted by Crippen LogP contribution is 2.68. The quantitative estimate of drug-likeness (QED) is 0.723. The fraction of sp³-hybridized carbons (Fsp3) is 0.778. The Morgan fingerprint density at radius 1 is 1.29 bits per heavy atom. The normalized spacial score (nSPS) is 42.5. The molecule has 21 heavy (non-hydrogen) atoms. The van der Waals surface area contributed by atoms with E-state index in [2.05, 4.69) is 48.2 Å². The average Bonchev–Trinajstić information content (AvgIpc) is 2.66. The Morgan fingerprint density at radius 2 is 1.95 bits per heavy atom. The number of hydrogen-bond acceptors (Lipinski definition) is 2. The van der Waals surface area contributed by atoms with Crippen LogP contribution in [0.2, 0.25) is 0 Å². The summed E-state index contributed by atoms with van der Waals surface area (Å²) in [5, 5.41) is 3.72. The smallest absolute Gasteiger partial charge is 0.0470 e. The Kier molecular flexibility index (Phi) is 3.37. The van der Waals surface area contributed by atoms with Crippen molar-refractivity contribution in [2.45, 2.75) is 58.4 Å². The number of hydrogen-bond donors (Lipinski definition) is 1. The first-order valence-electron chi connectivity index (χ1n) is 8.36. The van der Waals surface area contributed by atoms with Crippen LogP contribution in [0.5, 0.6) is 0 Å². The molecule has 1 nitrogen and oxygen atoms in total. The van der Waals surface area contributed by atoms with Crippen LogP contribution < -0.4 is 5.32 Å². The molecule has 0 saturated heterocycles. The third kappa shape index (κ3) is 2.26. The summed E-state index contributed by atoms with van der Waals surface area (Å²) in [5.74, 6) is 1.99. The second-order valence-electron chi connectivity index (χ2n) is 8.41. The van der Waals surface area contributed by atoms with Gasteiger partial charge in [-0.3, -0.25) is 0 Å². The lowest BCUT2D eigenvalue weighted by Gasteiger charge is -2.63. The maximum absolute atomic E-state index is 3.72. The first-order chi connectivity index (χ1) is 9.93. The summed E-state index contributed by atoms with van der Waals surface area (Å²) in [5.41, 5.74) is 1.15. The van der Waals surface area contributed by atoms with Gasteiger partial charge in [-0.25, -0.2) is 0 Å². The van der Waals surface area contributed by atoms with Gasteiger partial charge in [-0.1, -0.05) is 6.92 Å². The lowest BCUT2D eigenvalue weighted by molar-refractivity contribution is -0.117. The van der Waals surface area contributed by atoms with Crippen molar-refractivity contribution >= 4 is 27.3 Å². The SMILES string of the molecule is CNC(c1cc(Br)c(C)s1)C12CC3CC(CC(C)(C3)C1)C2. The van der Waals surface area contributed by atoms with Crippen molar-refractivity contribution in [3.05, 3.63) is 20.3 Å². The molecule has 4 aliphatic rings. The zero-order valence-electron chi connectivity index (χ0n) is 13.3. The summed E-state index contributed by atoms with van der Waals surface area (Å²) in [6.45, 7) is 4.80. The maximum atomic E-state index is 3.72. The Labute approximate surface area is 141 Å². The molecule has 0 spiro atoms. The second kappa shape index (κ2) is 4.82. The molecule has 1 aromatic heterocycles. The fourth-order valence-electron chi connectivity index (χ4n) is 6.51. The topological polar surface area (TPSA) is 12.0 Å².